The summed E-state index contributed by atoms with van der Waals surface area (Å²) < 4.78 is 39.0. The summed E-state index contributed by atoms with van der Waals surface area (Å²) in [6.07, 6.45) is 0.482. The number of sulfonamides is 1. The van der Waals surface area contributed by atoms with Crippen LogP contribution in [0.4, 0.5) is 4.39 Å². The summed E-state index contributed by atoms with van der Waals surface area (Å²) >= 11 is 0. The van der Waals surface area contributed by atoms with Gasteiger partial charge in [-0.05, 0) is 44.5 Å². The molecule has 0 saturated heterocycles. The molecule has 1 aromatic carbocycles. The number of rotatable bonds is 7. The highest BCUT2D eigenvalue weighted by Gasteiger charge is 2.26. The van der Waals surface area contributed by atoms with Gasteiger partial charge in [0, 0.05) is 19.0 Å². The number of primary amides is 1. The van der Waals surface area contributed by atoms with Crippen LogP contribution in [0.1, 0.15) is 26.7 Å². The molecule has 0 atom stereocenters. The van der Waals surface area contributed by atoms with Gasteiger partial charge in [-0.15, -0.1) is 0 Å². The number of nitrogens with zero attached hydrogens (tertiary/aromatic N) is 1. The number of hydrogen-bond acceptors (Lipinski definition) is 3. The zero-order chi connectivity index (χ0) is 15.3. The normalized spacial score (nSPS) is 12.1. The molecular weight excluding hydrogens is 283 g/mol. The van der Waals surface area contributed by atoms with Crippen LogP contribution in [0.2, 0.25) is 0 Å². The van der Waals surface area contributed by atoms with Crippen LogP contribution in [-0.4, -0.2) is 31.2 Å². The van der Waals surface area contributed by atoms with Crippen molar-refractivity contribution >= 4 is 15.9 Å². The van der Waals surface area contributed by atoms with Gasteiger partial charge in [-0.3, -0.25) is 4.79 Å². The molecule has 0 unspecified atom stereocenters. The molecule has 1 amide bonds. The second-order valence-electron chi connectivity index (χ2n) is 4.73. The van der Waals surface area contributed by atoms with Gasteiger partial charge in [0.25, 0.3) is 0 Å². The van der Waals surface area contributed by atoms with Crippen molar-refractivity contribution in [3.63, 3.8) is 0 Å². The van der Waals surface area contributed by atoms with Crippen molar-refractivity contribution in [1.29, 1.82) is 0 Å². The monoisotopic (exact) mass is 302 g/mol. The molecule has 2 N–H and O–H groups in total. The number of halogens is 1. The number of nitrogens with two attached hydrogens (primary N) is 1. The molecule has 0 aromatic heterocycles. The molecule has 0 saturated carbocycles. The molecule has 1 rings (SSSR count). The van der Waals surface area contributed by atoms with E-state index in [-0.39, 0.29) is 23.9 Å². The second kappa shape index (κ2) is 6.81. The van der Waals surface area contributed by atoms with E-state index in [9.17, 15) is 17.6 Å². The van der Waals surface area contributed by atoms with Crippen LogP contribution in [-0.2, 0) is 14.8 Å². The SMILES string of the molecule is CC(C)N(CCCC(N)=O)S(=O)(=O)c1ccc(F)cc1. The van der Waals surface area contributed by atoms with E-state index in [4.69, 9.17) is 5.73 Å². The van der Waals surface area contributed by atoms with Crippen LogP contribution in [0.3, 0.4) is 0 Å². The fourth-order valence-electron chi connectivity index (χ4n) is 1.81. The Labute approximate surface area is 118 Å². The molecule has 0 bridgehead atoms. The first-order valence-corrected chi connectivity index (χ1v) is 7.75. The first kappa shape index (κ1) is 16.6. The lowest BCUT2D eigenvalue weighted by atomic mass is 10.3. The standard InChI is InChI=1S/C13H19FN2O3S/c1-10(2)16(9-3-4-13(15)17)20(18,19)12-7-5-11(14)6-8-12/h5-8,10H,3-4,9H2,1-2H3,(H2,15,17). The third-order valence-corrected chi connectivity index (χ3v) is 4.89. The van der Waals surface area contributed by atoms with E-state index >= 15 is 0 Å². The van der Waals surface area contributed by atoms with E-state index in [0.717, 1.165) is 12.1 Å². The maximum absolute atomic E-state index is 12.9. The van der Waals surface area contributed by atoms with E-state index in [1.54, 1.807) is 13.8 Å². The van der Waals surface area contributed by atoms with E-state index in [1.165, 1.54) is 16.4 Å². The fraction of sp³-hybridized carbons (Fsp3) is 0.462. The van der Waals surface area contributed by atoms with E-state index in [2.05, 4.69) is 0 Å². The molecule has 20 heavy (non-hydrogen) atoms. The highest BCUT2D eigenvalue weighted by molar-refractivity contribution is 7.89. The van der Waals surface area contributed by atoms with Gasteiger partial charge in [0.2, 0.25) is 15.9 Å². The largest absolute Gasteiger partial charge is 0.370 e. The first-order chi connectivity index (χ1) is 9.25. The van der Waals surface area contributed by atoms with Crippen molar-refractivity contribution in [1.82, 2.24) is 4.31 Å². The summed E-state index contributed by atoms with van der Waals surface area (Å²) in [4.78, 5) is 10.8. The maximum Gasteiger partial charge on any atom is 0.243 e. The summed E-state index contributed by atoms with van der Waals surface area (Å²) in [5.74, 6) is -0.957. The molecule has 5 nitrogen and oxygen atoms in total. The summed E-state index contributed by atoms with van der Waals surface area (Å²) in [6, 6.07) is 4.41. The van der Waals surface area contributed by atoms with Gasteiger partial charge >= 0.3 is 0 Å². The lowest BCUT2D eigenvalue weighted by Gasteiger charge is -2.25. The van der Waals surface area contributed by atoms with Crippen molar-refractivity contribution in [2.45, 2.75) is 37.6 Å². The summed E-state index contributed by atoms with van der Waals surface area (Å²) in [7, 11) is -3.70. The Kier molecular flexibility index (Phi) is 5.64. The Bertz CT molecular complexity index is 555. The second-order valence-corrected chi connectivity index (χ2v) is 6.62. The average Bonchev–Trinajstić information content (AvgIpc) is 2.34. The van der Waals surface area contributed by atoms with Crippen LogP contribution in [0.5, 0.6) is 0 Å². The molecule has 0 aliphatic rings. The Morgan fingerprint density at radius 3 is 2.30 bits per heavy atom. The third-order valence-electron chi connectivity index (χ3n) is 2.80. The van der Waals surface area contributed by atoms with Crippen molar-refractivity contribution < 1.29 is 17.6 Å². The van der Waals surface area contributed by atoms with Crippen LogP contribution in [0.15, 0.2) is 29.2 Å². The molecule has 0 heterocycles. The Hall–Kier alpha value is -1.47. The number of carbonyl (C=O) groups excluding carboxylic acids is 1. The highest BCUT2D eigenvalue weighted by atomic mass is 32.2. The van der Waals surface area contributed by atoms with Gasteiger partial charge in [0.1, 0.15) is 5.82 Å². The zero-order valence-electron chi connectivity index (χ0n) is 11.5. The number of amides is 1. The number of hydrogen-bond donors (Lipinski definition) is 1. The molecule has 1 aromatic rings. The quantitative estimate of drug-likeness (QED) is 0.828. The highest BCUT2D eigenvalue weighted by Crippen LogP contribution is 2.19. The fourth-order valence-corrected chi connectivity index (χ4v) is 3.48. The smallest absolute Gasteiger partial charge is 0.243 e. The predicted octanol–water partition coefficient (Wildman–Crippen LogP) is 1.49. The molecule has 112 valence electrons. The lowest BCUT2D eigenvalue weighted by Crippen LogP contribution is -2.38. The third kappa shape index (κ3) is 4.28. The zero-order valence-corrected chi connectivity index (χ0v) is 12.4. The molecule has 7 heteroatoms. The molecule has 0 aliphatic heterocycles. The van der Waals surface area contributed by atoms with Gasteiger partial charge in [-0.25, -0.2) is 12.8 Å². The predicted molar refractivity (Wildman–Crippen MR) is 73.9 cm³/mol. The van der Waals surface area contributed by atoms with Crippen molar-refractivity contribution in [2.75, 3.05) is 6.54 Å². The Balaban J connectivity index is 2.94. The van der Waals surface area contributed by atoms with Crippen molar-refractivity contribution in [3.8, 4) is 0 Å². The average molecular weight is 302 g/mol. The number of carbonyl (C=O) groups is 1. The van der Waals surface area contributed by atoms with Gasteiger partial charge < -0.3 is 5.73 Å². The van der Waals surface area contributed by atoms with Crippen molar-refractivity contribution in [3.05, 3.63) is 30.1 Å². The molecular formula is C13H19FN2O3S. The van der Waals surface area contributed by atoms with Gasteiger partial charge in [0.05, 0.1) is 4.90 Å². The topological polar surface area (TPSA) is 80.5 Å². The Morgan fingerprint density at radius 1 is 1.30 bits per heavy atom. The van der Waals surface area contributed by atoms with Crippen molar-refractivity contribution in [2.24, 2.45) is 5.73 Å². The van der Waals surface area contributed by atoms with Crippen LogP contribution in [0, 0.1) is 5.82 Å². The molecule has 0 spiro atoms. The Morgan fingerprint density at radius 2 is 1.85 bits per heavy atom. The van der Waals surface area contributed by atoms with E-state index < -0.39 is 21.7 Å². The molecule has 0 fully saturated rings. The summed E-state index contributed by atoms with van der Waals surface area (Å²) in [5.41, 5.74) is 5.04. The minimum absolute atomic E-state index is 0.0340. The molecule has 0 aliphatic carbocycles. The van der Waals surface area contributed by atoms with Gasteiger partial charge in [-0.1, -0.05) is 0 Å². The minimum atomic E-state index is -3.70. The molecule has 0 radical (unpaired) electrons. The van der Waals surface area contributed by atoms with Gasteiger partial charge in [-0.2, -0.15) is 4.31 Å². The number of benzene rings is 1. The van der Waals surface area contributed by atoms with Crippen LogP contribution < -0.4 is 5.73 Å². The minimum Gasteiger partial charge on any atom is -0.370 e. The van der Waals surface area contributed by atoms with E-state index in [1.807, 2.05) is 0 Å². The van der Waals surface area contributed by atoms with Crippen LogP contribution in [0.25, 0.3) is 0 Å². The van der Waals surface area contributed by atoms with Gasteiger partial charge in [0.15, 0.2) is 0 Å². The maximum atomic E-state index is 12.9. The first-order valence-electron chi connectivity index (χ1n) is 6.31. The summed E-state index contributed by atoms with van der Waals surface area (Å²) in [5, 5.41) is 0. The van der Waals surface area contributed by atoms with E-state index in [0.29, 0.717) is 6.42 Å². The lowest BCUT2D eigenvalue weighted by molar-refractivity contribution is -0.118. The summed E-state index contributed by atoms with van der Waals surface area (Å²) in [6.45, 7) is 3.68. The van der Waals surface area contributed by atoms with Crippen LogP contribution >= 0.6 is 0 Å².